The van der Waals surface area contributed by atoms with E-state index in [2.05, 4.69) is 17.1 Å². The summed E-state index contributed by atoms with van der Waals surface area (Å²) in [5.74, 6) is 2.01. The zero-order valence-electron chi connectivity index (χ0n) is 19.2. The fourth-order valence-corrected chi connectivity index (χ4v) is 4.22. The first-order valence-electron chi connectivity index (χ1n) is 11.7. The lowest BCUT2D eigenvalue weighted by Gasteiger charge is -2.22. The van der Waals surface area contributed by atoms with Gasteiger partial charge >= 0.3 is 5.97 Å². The van der Waals surface area contributed by atoms with E-state index in [0.717, 1.165) is 56.8 Å². The Morgan fingerprint density at radius 3 is 2.58 bits per heavy atom. The van der Waals surface area contributed by atoms with Crippen LogP contribution in [0.1, 0.15) is 54.5 Å². The van der Waals surface area contributed by atoms with E-state index in [9.17, 15) is 9.59 Å². The highest BCUT2D eigenvalue weighted by Crippen LogP contribution is 2.21. The molecule has 176 valence electrons. The third-order valence-electron chi connectivity index (χ3n) is 5.99. The molecule has 0 saturated carbocycles. The minimum absolute atomic E-state index is 0.0580. The lowest BCUT2D eigenvalue weighted by Crippen LogP contribution is -2.35. The third kappa shape index (κ3) is 6.71. The van der Waals surface area contributed by atoms with Gasteiger partial charge in [0.05, 0.1) is 6.54 Å². The Morgan fingerprint density at radius 2 is 1.82 bits per heavy atom. The summed E-state index contributed by atoms with van der Waals surface area (Å²) in [6.45, 7) is 5.28. The largest absolute Gasteiger partial charge is 0.486 e. The van der Waals surface area contributed by atoms with E-state index in [1.807, 2.05) is 41.3 Å². The van der Waals surface area contributed by atoms with Crippen molar-refractivity contribution in [3.8, 4) is 5.75 Å². The van der Waals surface area contributed by atoms with Crippen LogP contribution >= 0.6 is 0 Å². The normalized spacial score (nSPS) is 19.2. The van der Waals surface area contributed by atoms with E-state index in [1.165, 1.54) is 6.92 Å². The summed E-state index contributed by atoms with van der Waals surface area (Å²) in [6, 6.07) is 11.3. The highest BCUT2D eigenvalue weighted by Gasteiger charge is 2.21. The van der Waals surface area contributed by atoms with Crippen LogP contribution in [0.4, 0.5) is 0 Å². The van der Waals surface area contributed by atoms with Crippen LogP contribution in [0, 0.1) is 0 Å². The zero-order valence-corrected chi connectivity index (χ0v) is 19.2. The van der Waals surface area contributed by atoms with Crippen LogP contribution in [0.15, 0.2) is 53.0 Å². The van der Waals surface area contributed by atoms with Gasteiger partial charge < -0.3 is 18.8 Å². The Bertz CT molecular complexity index is 965. The molecule has 1 unspecified atom stereocenters. The van der Waals surface area contributed by atoms with Crippen molar-refractivity contribution in [2.45, 2.75) is 51.9 Å². The number of ether oxygens (including phenoxy) is 2. The molecular weight excluding hydrogens is 420 g/mol. The summed E-state index contributed by atoms with van der Waals surface area (Å²) < 4.78 is 16.8. The smallest absolute Gasteiger partial charge is 0.303 e. The maximum Gasteiger partial charge on any atom is 0.303 e. The van der Waals surface area contributed by atoms with E-state index in [4.69, 9.17) is 13.9 Å². The zero-order chi connectivity index (χ0) is 23.0. The topological polar surface area (TPSA) is 72.2 Å². The minimum Gasteiger partial charge on any atom is -0.486 e. The monoisotopic (exact) mass is 452 g/mol. The Balaban J connectivity index is 1.27. The number of esters is 1. The number of allylic oxidation sites excluding steroid dienone is 1. The van der Waals surface area contributed by atoms with Crippen molar-refractivity contribution in [1.29, 1.82) is 0 Å². The third-order valence-corrected chi connectivity index (χ3v) is 5.99. The Morgan fingerprint density at radius 1 is 1.00 bits per heavy atom. The summed E-state index contributed by atoms with van der Waals surface area (Å²) in [7, 11) is 0. The van der Waals surface area contributed by atoms with Crippen LogP contribution in [-0.4, -0.2) is 54.0 Å². The van der Waals surface area contributed by atoms with Crippen LogP contribution in [0.2, 0.25) is 0 Å². The van der Waals surface area contributed by atoms with Gasteiger partial charge in [-0.1, -0.05) is 6.08 Å². The quantitative estimate of drug-likeness (QED) is 0.464. The van der Waals surface area contributed by atoms with E-state index in [1.54, 1.807) is 0 Å². The van der Waals surface area contributed by atoms with Crippen molar-refractivity contribution in [1.82, 2.24) is 9.80 Å². The fraction of sp³-hybridized carbons (Fsp3) is 0.462. The summed E-state index contributed by atoms with van der Waals surface area (Å²) >= 11 is 0. The summed E-state index contributed by atoms with van der Waals surface area (Å²) in [5, 5.41) is 0. The highest BCUT2D eigenvalue weighted by atomic mass is 16.5. The average Bonchev–Trinajstić information content (AvgIpc) is 3.14. The van der Waals surface area contributed by atoms with Crippen LogP contribution in [0.5, 0.6) is 5.75 Å². The second-order valence-corrected chi connectivity index (χ2v) is 8.61. The van der Waals surface area contributed by atoms with Crippen molar-refractivity contribution < 1.29 is 23.5 Å². The Hall–Kier alpha value is -3.06. The number of hydrogen-bond acceptors (Lipinski definition) is 6. The average molecular weight is 453 g/mol. The molecular formula is C26H32N2O5. The number of carbonyl (C=O) groups is 2. The van der Waals surface area contributed by atoms with Crippen LogP contribution in [-0.2, 0) is 22.7 Å². The van der Waals surface area contributed by atoms with Crippen molar-refractivity contribution >= 4 is 11.9 Å². The molecule has 1 aliphatic heterocycles. The van der Waals surface area contributed by atoms with Crippen LogP contribution in [0.25, 0.3) is 0 Å². The molecule has 0 N–H and O–H groups in total. The van der Waals surface area contributed by atoms with E-state index >= 15 is 0 Å². The summed E-state index contributed by atoms with van der Waals surface area (Å²) in [5.41, 5.74) is 0.691. The number of benzene rings is 1. The van der Waals surface area contributed by atoms with Gasteiger partial charge in [-0.15, -0.1) is 0 Å². The van der Waals surface area contributed by atoms with Crippen LogP contribution in [0.3, 0.4) is 0 Å². The molecule has 7 heteroatoms. The molecule has 1 saturated heterocycles. The first kappa shape index (κ1) is 23.1. The number of carbonyl (C=O) groups excluding carboxylic acids is 2. The van der Waals surface area contributed by atoms with Gasteiger partial charge in [0, 0.05) is 38.7 Å². The molecule has 2 aliphatic rings. The van der Waals surface area contributed by atoms with Gasteiger partial charge in [-0.05, 0) is 68.2 Å². The van der Waals surface area contributed by atoms with Gasteiger partial charge in [-0.2, -0.15) is 0 Å². The number of nitrogens with zero attached hydrogens (tertiary/aromatic N) is 2. The van der Waals surface area contributed by atoms with Gasteiger partial charge in [-0.3, -0.25) is 14.5 Å². The maximum absolute atomic E-state index is 13.0. The van der Waals surface area contributed by atoms with E-state index in [-0.39, 0.29) is 24.6 Å². The number of rotatable bonds is 7. The Kier molecular flexibility index (Phi) is 7.83. The molecule has 0 bridgehead atoms. The lowest BCUT2D eigenvalue weighted by molar-refractivity contribution is -0.142. The molecule has 2 aromatic rings. The highest BCUT2D eigenvalue weighted by molar-refractivity contribution is 5.94. The molecule has 7 nitrogen and oxygen atoms in total. The predicted molar refractivity (Wildman–Crippen MR) is 124 cm³/mol. The van der Waals surface area contributed by atoms with Gasteiger partial charge in [0.15, 0.2) is 0 Å². The molecule has 1 aromatic heterocycles. The first-order valence-corrected chi connectivity index (χ1v) is 11.7. The molecule has 1 amide bonds. The molecule has 33 heavy (non-hydrogen) atoms. The van der Waals surface area contributed by atoms with Gasteiger partial charge in [0.2, 0.25) is 0 Å². The standard InChI is InChI=1S/C26H32N2O5/c1-20(29)31-19-25-13-12-24(33-25)18-27-14-5-15-28(17-16-27)26(30)21-8-10-23(11-9-21)32-22-6-3-2-4-7-22/h3,6,8-13,22H,2,4-5,7,14-19H2,1H3. The summed E-state index contributed by atoms with van der Waals surface area (Å²) in [6.07, 6.45) is 8.63. The van der Waals surface area contributed by atoms with Crippen molar-refractivity contribution in [2.24, 2.45) is 0 Å². The van der Waals surface area contributed by atoms with Gasteiger partial charge in [0.1, 0.15) is 30.0 Å². The maximum atomic E-state index is 13.0. The van der Waals surface area contributed by atoms with Gasteiger partial charge in [0.25, 0.3) is 5.91 Å². The molecule has 4 rings (SSSR count). The number of hydrogen-bond donors (Lipinski definition) is 0. The SMILES string of the molecule is CC(=O)OCc1ccc(CN2CCCN(C(=O)c3ccc(OC4C=CCCC4)cc3)CC2)o1. The van der Waals surface area contributed by atoms with Crippen molar-refractivity contribution in [3.05, 3.63) is 65.6 Å². The van der Waals surface area contributed by atoms with Crippen molar-refractivity contribution in [2.75, 3.05) is 26.2 Å². The Labute approximate surface area is 194 Å². The molecule has 1 atom stereocenters. The fourth-order valence-electron chi connectivity index (χ4n) is 4.22. The van der Waals surface area contributed by atoms with Crippen LogP contribution < -0.4 is 4.74 Å². The second-order valence-electron chi connectivity index (χ2n) is 8.61. The minimum atomic E-state index is -0.325. The summed E-state index contributed by atoms with van der Waals surface area (Å²) in [4.78, 5) is 28.2. The molecule has 0 radical (unpaired) electrons. The number of furan rings is 1. The molecule has 2 heterocycles. The number of amides is 1. The van der Waals surface area contributed by atoms with Gasteiger partial charge in [-0.25, -0.2) is 0 Å². The first-order chi connectivity index (χ1) is 16.1. The molecule has 1 aromatic carbocycles. The van der Waals surface area contributed by atoms with Crippen molar-refractivity contribution in [3.63, 3.8) is 0 Å². The second kappa shape index (κ2) is 11.2. The van der Waals surface area contributed by atoms with E-state index < -0.39 is 0 Å². The molecule has 0 spiro atoms. The molecule has 1 aliphatic carbocycles. The van der Waals surface area contributed by atoms with E-state index in [0.29, 0.717) is 24.4 Å². The lowest BCUT2D eigenvalue weighted by atomic mass is 10.1. The molecule has 1 fully saturated rings. The predicted octanol–water partition coefficient (Wildman–Crippen LogP) is 4.18.